The van der Waals surface area contributed by atoms with E-state index in [1.807, 2.05) is 36.1 Å². The van der Waals surface area contributed by atoms with Gasteiger partial charge in [-0.1, -0.05) is 18.2 Å². The Balaban J connectivity index is 1.41. The molecule has 1 aromatic carbocycles. The molecule has 5 nitrogen and oxygen atoms in total. The first-order valence-corrected chi connectivity index (χ1v) is 11.2. The molecule has 0 spiro atoms. The maximum Gasteiger partial charge on any atom is 0.254 e. The van der Waals surface area contributed by atoms with Gasteiger partial charge in [0.2, 0.25) is 0 Å². The van der Waals surface area contributed by atoms with Crippen molar-refractivity contribution < 1.29 is 4.79 Å². The van der Waals surface area contributed by atoms with Crippen molar-refractivity contribution in [3.8, 4) is 0 Å². The number of rotatable bonds is 3. The van der Waals surface area contributed by atoms with E-state index in [4.69, 9.17) is 9.97 Å². The third-order valence-electron chi connectivity index (χ3n) is 6.21. The van der Waals surface area contributed by atoms with Crippen LogP contribution in [0.1, 0.15) is 50.9 Å². The van der Waals surface area contributed by atoms with Crippen molar-refractivity contribution >= 4 is 33.3 Å². The van der Waals surface area contributed by atoms with Crippen LogP contribution in [0.15, 0.2) is 24.3 Å². The van der Waals surface area contributed by atoms with Crippen LogP contribution in [-0.2, 0) is 0 Å². The summed E-state index contributed by atoms with van der Waals surface area (Å²) < 4.78 is 0. The smallest absolute Gasteiger partial charge is 0.254 e. The van der Waals surface area contributed by atoms with Gasteiger partial charge >= 0.3 is 0 Å². The Morgan fingerprint density at radius 2 is 1.76 bits per heavy atom. The summed E-state index contributed by atoms with van der Waals surface area (Å²) in [5.41, 5.74) is 3.14. The average molecular weight is 407 g/mol. The van der Waals surface area contributed by atoms with Gasteiger partial charge in [0.1, 0.15) is 16.5 Å². The van der Waals surface area contributed by atoms with Crippen molar-refractivity contribution in [1.29, 1.82) is 0 Å². The zero-order chi connectivity index (χ0) is 20.1. The lowest BCUT2D eigenvalue weighted by Crippen LogP contribution is -2.49. The van der Waals surface area contributed by atoms with E-state index in [1.165, 1.54) is 28.7 Å². The van der Waals surface area contributed by atoms with Crippen molar-refractivity contribution in [2.75, 3.05) is 31.1 Å². The number of anilines is 1. The molecule has 1 saturated carbocycles. The molecule has 0 N–H and O–H groups in total. The van der Waals surface area contributed by atoms with E-state index in [-0.39, 0.29) is 5.91 Å². The number of carbonyl (C=O) groups is 1. The summed E-state index contributed by atoms with van der Waals surface area (Å²) in [6.07, 6.45) is 2.40. The molecule has 29 heavy (non-hydrogen) atoms. The second kappa shape index (κ2) is 7.10. The number of thiophene rings is 1. The minimum absolute atomic E-state index is 0.136. The van der Waals surface area contributed by atoms with Crippen molar-refractivity contribution in [3.05, 3.63) is 51.7 Å². The third kappa shape index (κ3) is 3.29. The number of hydrogen-bond donors (Lipinski definition) is 0. The van der Waals surface area contributed by atoms with Gasteiger partial charge in [-0.2, -0.15) is 0 Å². The van der Waals surface area contributed by atoms with Gasteiger partial charge in [-0.25, -0.2) is 9.97 Å². The topological polar surface area (TPSA) is 49.3 Å². The number of aryl methyl sites for hydroxylation is 3. The van der Waals surface area contributed by atoms with Gasteiger partial charge in [0.05, 0.1) is 5.39 Å². The standard InChI is InChI=1S/C23H26N4OS/c1-14-6-4-5-7-18(14)23(28)27-12-10-26(11-13-27)21-19-15(2)16(3)29-22(19)25-20(24-21)17-8-9-17/h4-7,17H,8-13H2,1-3H3. The SMILES string of the molecule is Cc1ccccc1C(=O)N1CCN(c2nc(C3CC3)nc3sc(C)c(C)c23)CC1. The molecule has 0 unspecified atom stereocenters. The number of piperazine rings is 1. The number of aromatic nitrogens is 2. The Morgan fingerprint density at radius 1 is 1.03 bits per heavy atom. The van der Waals surface area contributed by atoms with Crippen LogP contribution in [0.4, 0.5) is 5.82 Å². The minimum atomic E-state index is 0.136. The van der Waals surface area contributed by atoms with Crippen LogP contribution in [0.25, 0.3) is 10.2 Å². The molecule has 2 aromatic heterocycles. The van der Waals surface area contributed by atoms with E-state index in [0.29, 0.717) is 5.92 Å². The van der Waals surface area contributed by atoms with Crippen molar-refractivity contribution in [2.45, 2.75) is 39.5 Å². The van der Waals surface area contributed by atoms with Gasteiger partial charge in [-0.05, 0) is 50.8 Å². The maximum atomic E-state index is 13.0. The highest BCUT2D eigenvalue weighted by Crippen LogP contribution is 2.42. The van der Waals surface area contributed by atoms with E-state index in [0.717, 1.165) is 53.8 Å². The number of hydrogen-bond acceptors (Lipinski definition) is 5. The van der Waals surface area contributed by atoms with Crippen LogP contribution in [0.2, 0.25) is 0 Å². The van der Waals surface area contributed by atoms with E-state index in [9.17, 15) is 4.79 Å². The first kappa shape index (κ1) is 18.6. The first-order chi connectivity index (χ1) is 14.0. The highest BCUT2D eigenvalue weighted by atomic mass is 32.1. The Kier molecular flexibility index (Phi) is 4.54. The molecule has 3 aromatic rings. The molecule has 0 atom stereocenters. The number of amides is 1. The van der Waals surface area contributed by atoms with E-state index >= 15 is 0 Å². The van der Waals surface area contributed by atoms with Crippen LogP contribution in [-0.4, -0.2) is 47.0 Å². The Bertz CT molecular complexity index is 1090. The monoisotopic (exact) mass is 406 g/mol. The largest absolute Gasteiger partial charge is 0.352 e. The van der Waals surface area contributed by atoms with Crippen LogP contribution in [0.3, 0.4) is 0 Å². The zero-order valence-electron chi connectivity index (χ0n) is 17.2. The Labute approximate surface area is 175 Å². The second-order valence-corrected chi connectivity index (χ2v) is 9.44. The van der Waals surface area contributed by atoms with E-state index < -0.39 is 0 Å². The molecule has 2 fully saturated rings. The molecule has 0 radical (unpaired) electrons. The van der Waals surface area contributed by atoms with Crippen LogP contribution in [0, 0.1) is 20.8 Å². The molecule has 1 amide bonds. The quantitative estimate of drug-likeness (QED) is 0.644. The molecule has 3 heterocycles. The number of benzene rings is 1. The fourth-order valence-corrected chi connectivity index (χ4v) is 5.13. The van der Waals surface area contributed by atoms with Crippen molar-refractivity contribution in [1.82, 2.24) is 14.9 Å². The number of nitrogens with zero attached hydrogens (tertiary/aromatic N) is 4. The second-order valence-electron chi connectivity index (χ2n) is 8.24. The molecule has 1 aliphatic carbocycles. The molecule has 1 aliphatic heterocycles. The highest BCUT2D eigenvalue weighted by Gasteiger charge is 2.31. The van der Waals surface area contributed by atoms with Crippen molar-refractivity contribution in [2.24, 2.45) is 0 Å². The van der Waals surface area contributed by atoms with E-state index in [1.54, 1.807) is 11.3 Å². The highest BCUT2D eigenvalue weighted by molar-refractivity contribution is 7.18. The minimum Gasteiger partial charge on any atom is -0.352 e. The fourth-order valence-electron chi connectivity index (χ4n) is 4.10. The summed E-state index contributed by atoms with van der Waals surface area (Å²) in [5, 5.41) is 1.20. The molecule has 2 aliphatic rings. The predicted octanol–water partition coefficient (Wildman–Crippen LogP) is 4.46. The lowest BCUT2D eigenvalue weighted by molar-refractivity contribution is 0.0746. The number of carbonyl (C=O) groups excluding carboxylic acids is 1. The average Bonchev–Trinajstić information content (AvgIpc) is 3.54. The summed E-state index contributed by atoms with van der Waals surface area (Å²) in [6, 6.07) is 7.85. The lowest BCUT2D eigenvalue weighted by Gasteiger charge is -2.36. The molecule has 6 heteroatoms. The number of fused-ring (bicyclic) bond motifs is 1. The van der Waals surface area contributed by atoms with Gasteiger partial charge in [0.25, 0.3) is 5.91 Å². The summed E-state index contributed by atoms with van der Waals surface area (Å²) in [5.74, 6) is 2.75. The molecule has 0 bridgehead atoms. The molecule has 5 rings (SSSR count). The summed E-state index contributed by atoms with van der Waals surface area (Å²) in [7, 11) is 0. The molecule has 150 valence electrons. The van der Waals surface area contributed by atoms with Gasteiger partial charge in [-0.15, -0.1) is 11.3 Å². The third-order valence-corrected chi connectivity index (χ3v) is 7.31. The van der Waals surface area contributed by atoms with Gasteiger partial charge in [0.15, 0.2) is 0 Å². The zero-order valence-corrected chi connectivity index (χ0v) is 18.1. The van der Waals surface area contributed by atoms with Crippen LogP contribution in [0.5, 0.6) is 0 Å². The Hall–Kier alpha value is -2.47. The van der Waals surface area contributed by atoms with Gasteiger partial charge < -0.3 is 9.80 Å². The van der Waals surface area contributed by atoms with E-state index in [2.05, 4.69) is 18.7 Å². The molecular weight excluding hydrogens is 380 g/mol. The summed E-state index contributed by atoms with van der Waals surface area (Å²) >= 11 is 1.78. The Morgan fingerprint density at radius 3 is 2.45 bits per heavy atom. The lowest BCUT2D eigenvalue weighted by atomic mass is 10.1. The molecular formula is C23H26N4OS. The first-order valence-electron chi connectivity index (χ1n) is 10.4. The summed E-state index contributed by atoms with van der Waals surface area (Å²) in [4.78, 5) is 29.6. The fraction of sp³-hybridized carbons (Fsp3) is 0.435. The summed E-state index contributed by atoms with van der Waals surface area (Å²) in [6.45, 7) is 9.41. The molecule has 1 saturated heterocycles. The van der Waals surface area contributed by atoms with Crippen molar-refractivity contribution in [3.63, 3.8) is 0 Å². The van der Waals surface area contributed by atoms with Crippen LogP contribution >= 0.6 is 11.3 Å². The predicted molar refractivity (Wildman–Crippen MR) is 118 cm³/mol. The maximum absolute atomic E-state index is 13.0. The van der Waals surface area contributed by atoms with Gasteiger partial charge in [0, 0.05) is 42.5 Å². The van der Waals surface area contributed by atoms with Gasteiger partial charge in [-0.3, -0.25) is 4.79 Å². The normalized spacial score (nSPS) is 17.2. The van der Waals surface area contributed by atoms with Crippen LogP contribution < -0.4 is 4.90 Å².